The summed E-state index contributed by atoms with van der Waals surface area (Å²) in [5.41, 5.74) is 0. The van der Waals surface area contributed by atoms with Crippen molar-refractivity contribution < 1.29 is 8.42 Å². The summed E-state index contributed by atoms with van der Waals surface area (Å²) in [6.07, 6.45) is 1.69. The highest BCUT2D eigenvalue weighted by Crippen LogP contribution is 2.32. The number of hydrogen-bond acceptors (Lipinski definition) is 2. The van der Waals surface area contributed by atoms with Gasteiger partial charge in [-0.05, 0) is 47.0 Å². The topological polar surface area (TPSA) is 37.4 Å². The van der Waals surface area contributed by atoms with Gasteiger partial charge in [-0.3, -0.25) is 0 Å². The van der Waals surface area contributed by atoms with Crippen LogP contribution in [0.1, 0.15) is 12.8 Å². The Morgan fingerprint density at radius 3 is 2.78 bits per heavy atom. The Labute approximate surface area is 129 Å². The number of rotatable bonds is 3. The van der Waals surface area contributed by atoms with Crippen LogP contribution in [0.4, 0.5) is 0 Å². The van der Waals surface area contributed by atoms with Crippen molar-refractivity contribution >= 4 is 53.5 Å². The lowest BCUT2D eigenvalue weighted by Crippen LogP contribution is -2.36. The highest BCUT2D eigenvalue weighted by atomic mass is 79.9. The van der Waals surface area contributed by atoms with Crippen LogP contribution in [0.25, 0.3) is 0 Å². The summed E-state index contributed by atoms with van der Waals surface area (Å²) >= 11 is 12.4. The molecule has 3 nitrogen and oxygen atoms in total. The molecule has 1 unspecified atom stereocenters. The number of sulfonamides is 1. The van der Waals surface area contributed by atoms with Gasteiger partial charge < -0.3 is 0 Å². The largest absolute Gasteiger partial charge is 0.244 e. The average Bonchev–Trinajstić information content (AvgIpc) is 2.81. The summed E-state index contributed by atoms with van der Waals surface area (Å²) in [6.45, 7) is 0.540. The molecule has 0 amide bonds. The van der Waals surface area contributed by atoms with Crippen LogP contribution in [0, 0.1) is 0 Å². The predicted octanol–water partition coefficient (Wildman–Crippen LogP) is 3.60. The SMILES string of the molecule is O=S(=O)(c1cc(Br)ccc1Br)N1CCCC1CCl. The van der Waals surface area contributed by atoms with Gasteiger partial charge in [0.25, 0.3) is 0 Å². The Bertz CT molecular complexity index is 550. The molecule has 1 aromatic rings. The molecule has 18 heavy (non-hydrogen) atoms. The lowest BCUT2D eigenvalue weighted by molar-refractivity contribution is 0.411. The first kappa shape index (κ1) is 14.8. The molecular weight excluding hydrogens is 405 g/mol. The van der Waals surface area contributed by atoms with Gasteiger partial charge in [-0.15, -0.1) is 11.6 Å². The molecule has 2 rings (SSSR count). The molecule has 1 heterocycles. The Balaban J connectivity index is 2.45. The maximum absolute atomic E-state index is 12.6. The second-order valence-corrected chi connectivity index (χ2v) is 8.08. The summed E-state index contributed by atoms with van der Waals surface area (Å²) in [7, 11) is -3.48. The van der Waals surface area contributed by atoms with Crippen molar-refractivity contribution in [2.24, 2.45) is 0 Å². The molecule has 1 aliphatic rings. The molecule has 0 saturated carbocycles. The minimum absolute atomic E-state index is 0.0949. The van der Waals surface area contributed by atoms with Gasteiger partial charge in [0.2, 0.25) is 10.0 Å². The van der Waals surface area contributed by atoms with Crippen LogP contribution in [-0.2, 0) is 10.0 Å². The molecule has 1 aromatic carbocycles. The van der Waals surface area contributed by atoms with E-state index in [9.17, 15) is 8.42 Å². The number of alkyl halides is 1. The first-order valence-corrected chi connectivity index (χ1v) is 9.05. The predicted molar refractivity (Wildman–Crippen MR) is 79.5 cm³/mol. The van der Waals surface area contributed by atoms with Crippen LogP contribution in [0.2, 0.25) is 0 Å². The molecule has 7 heteroatoms. The van der Waals surface area contributed by atoms with Crippen molar-refractivity contribution in [3.05, 3.63) is 27.1 Å². The summed E-state index contributed by atoms with van der Waals surface area (Å²) in [4.78, 5) is 0.286. The summed E-state index contributed by atoms with van der Waals surface area (Å²) in [5.74, 6) is 0.338. The highest BCUT2D eigenvalue weighted by molar-refractivity contribution is 9.11. The smallest absolute Gasteiger partial charge is 0.207 e. The first-order chi connectivity index (χ1) is 8.46. The lowest BCUT2D eigenvalue weighted by Gasteiger charge is -2.23. The van der Waals surface area contributed by atoms with Crippen molar-refractivity contribution in [1.29, 1.82) is 0 Å². The van der Waals surface area contributed by atoms with Crippen molar-refractivity contribution in [2.75, 3.05) is 12.4 Å². The van der Waals surface area contributed by atoms with Gasteiger partial charge in [0.1, 0.15) is 0 Å². The second kappa shape index (κ2) is 5.79. The molecular formula is C11H12Br2ClNO2S. The van der Waals surface area contributed by atoms with Crippen molar-refractivity contribution in [3.8, 4) is 0 Å². The number of halogens is 3. The molecule has 0 N–H and O–H groups in total. The molecule has 1 aliphatic heterocycles. The summed E-state index contributed by atoms with van der Waals surface area (Å²) < 4.78 is 28.0. The molecule has 1 atom stereocenters. The van der Waals surface area contributed by atoms with Crippen LogP contribution in [-0.4, -0.2) is 31.2 Å². The minimum Gasteiger partial charge on any atom is -0.207 e. The van der Waals surface area contributed by atoms with Crippen molar-refractivity contribution in [1.82, 2.24) is 4.31 Å². The second-order valence-electron chi connectivity index (χ2n) is 4.14. The van der Waals surface area contributed by atoms with Crippen LogP contribution in [0.3, 0.4) is 0 Å². The number of nitrogens with zero attached hydrogens (tertiary/aromatic N) is 1. The molecule has 0 radical (unpaired) electrons. The fraction of sp³-hybridized carbons (Fsp3) is 0.455. The van der Waals surface area contributed by atoms with E-state index in [1.807, 2.05) is 0 Å². The van der Waals surface area contributed by atoms with E-state index in [1.165, 1.54) is 4.31 Å². The van der Waals surface area contributed by atoms with Crippen molar-refractivity contribution in [2.45, 2.75) is 23.8 Å². The minimum atomic E-state index is -3.48. The Morgan fingerprint density at radius 1 is 1.39 bits per heavy atom. The van der Waals surface area contributed by atoms with E-state index in [-0.39, 0.29) is 10.9 Å². The van der Waals surface area contributed by atoms with Crippen LogP contribution in [0.15, 0.2) is 32.0 Å². The lowest BCUT2D eigenvalue weighted by atomic mass is 10.3. The molecule has 0 aromatic heterocycles. The molecule has 0 spiro atoms. The van der Waals surface area contributed by atoms with Crippen LogP contribution < -0.4 is 0 Å². The van der Waals surface area contributed by atoms with E-state index in [0.717, 1.165) is 17.3 Å². The van der Waals surface area contributed by atoms with E-state index in [1.54, 1.807) is 18.2 Å². The standard InChI is InChI=1S/C11H12Br2ClNO2S/c12-8-3-4-10(13)11(6-8)18(16,17)15-5-1-2-9(15)7-14/h3-4,6,9H,1-2,5,7H2. The fourth-order valence-corrected chi connectivity index (χ4v) is 5.64. The van der Waals surface area contributed by atoms with Crippen molar-refractivity contribution in [3.63, 3.8) is 0 Å². The van der Waals surface area contributed by atoms with Gasteiger partial charge in [0.05, 0.1) is 4.90 Å². The maximum atomic E-state index is 12.6. The van der Waals surface area contributed by atoms with E-state index in [2.05, 4.69) is 31.9 Å². The van der Waals surface area contributed by atoms with Crippen LogP contribution in [0.5, 0.6) is 0 Å². The maximum Gasteiger partial charge on any atom is 0.244 e. The first-order valence-electron chi connectivity index (χ1n) is 5.49. The Kier molecular flexibility index (Phi) is 4.75. The fourth-order valence-electron chi connectivity index (χ4n) is 2.08. The third-order valence-corrected chi connectivity index (χ3v) is 6.78. The summed E-state index contributed by atoms with van der Waals surface area (Å²) in [5, 5.41) is 0. The molecule has 1 saturated heterocycles. The number of benzene rings is 1. The quantitative estimate of drug-likeness (QED) is 0.705. The van der Waals surface area contributed by atoms with Crippen LogP contribution >= 0.6 is 43.5 Å². The molecule has 1 fully saturated rings. The Morgan fingerprint density at radius 2 is 2.11 bits per heavy atom. The third-order valence-electron chi connectivity index (χ3n) is 2.98. The third kappa shape index (κ3) is 2.77. The zero-order chi connectivity index (χ0) is 13.3. The van der Waals surface area contributed by atoms with E-state index < -0.39 is 10.0 Å². The van der Waals surface area contributed by atoms with Gasteiger partial charge >= 0.3 is 0 Å². The van der Waals surface area contributed by atoms with Gasteiger partial charge in [0.15, 0.2) is 0 Å². The molecule has 100 valence electrons. The Hall–Kier alpha value is 0.380. The average molecular weight is 418 g/mol. The van der Waals surface area contributed by atoms with Gasteiger partial charge in [-0.25, -0.2) is 8.42 Å². The summed E-state index contributed by atoms with van der Waals surface area (Å²) in [6, 6.07) is 5.04. The monoisotopic (exact) mass is 415 g/mol. The zero-order valence-electron chi connectivity index (χ0n) is 9.44. The van der Waals surface area contributed by atoms with E-state index in [0.29, 0.717) is 16.9 Å². The van der Waals surface area contributed by atoms with Gasteiger partial charge in [-0.1, -0.05) is 15.9 Å². The molecule has 0 aliphatic carbocycles. The zero-order valence-corrected chi connectivity index (χ0v) is 14.2. The van der Waals surface area contributed by atoms with Gasteiger partial charge in [0, 0.05) is 27.4 Å². The van der Waals surface area contributed by atoms with E-state index in [4.69, 9.17) is 11.6 Å². The highest BCUT2D eigenvalue weighted by Gasteiger charge is 2.35. The number of hydrogen-bond donors (Lipinski definition) is 0. The molecule has 0 bridgehead atoms. The van der Waals surface area contributed by atoms with Gasteiger partial charge in [-0.2, -0.15) is 4.31 Å². The van der Waals surface area contributed by atoms with E-state index >= 15 is 0 Å². The normalized spacial score (nSPS) is 21.4.